The first-order chi connectivity index (χ1) is 13.3. The van der Waals surface area contributed by atoms with Crippen LogP contribution in [-0.2, 0) is 22.4 Å². The molecule has 8 heteroatoms. The highest BCUT2D eigenvalue weighted by Crippen LogP contribution is 2.43. The minimum atomic E-state index is -0.720. The molecule has 1 aliphatic rings. The van der Waals surface area contributed by atoms with Crippen molar-refractivity contribution in [1.29, 1.82) is 5.26 Å². The number of hydrogen-bond acceptors (Lipinski definition) is 7. The second kappa shape index (κ2) is 8.07. The maximum atomic E-state index is 12.2. The summed E-state index contributed by atoms with van der Waals surface area (Å²) in [4.78, 5) is 32.9. The largest absolute Gasteiger partial charge is 0.451 e. The van der Waals surface area contributed by atoms with Crippen LogP contribution in [0.15, 0.2) is 18.6 Å². The molecule has 0 bridgehead atoms. The highest BCUT2D eigenvalue weighted by atomic mass is 32.1. The number of rotatable bonds is 4. The molecule has 0 unspecified atom stereocenters. The molecule has 1 aliphatic carbocycles. The van der Waals surface area contributed by atoms with Crippen LogP contribution in [0.5, 0.6) is 0 Å². The highest BCUT2D eigenvalue weighted by molar-refractivity contribution is 7.16. The molecule has 0 saturated heterocycles. The number of esters is 1. The van der Waals surface area contributed by atoms with Crippen LogP contribution >= 0.6 is 11.3 Å². The zero-order chi connectivity index (χ0) is 20.3. The van der Waals surface area contributed by atoms with E-state index in [0.29, 0.717) is 16.5 Å². The summed E-state index contributed by atoms with van der Waals surface area (Å²) in [6, 6.07) is 2.22. The molecule has 7 nitrogen and oxygen atoms in total. The zero-order valence-corrected chi connectivity index (χ0v) is 16.9. The molecule has 0 spiro atoms. The lowest BCUT2D eigenvalue weighted by molar-refractivity contribution is -0.119. The van der Waals surface area contributed by atoms with Crippen LogP contribution in [0.3, 0.4) is 0 Å². The number of fused-ring (bicyclic) bond motifs is 1. The lowest BCUT2D eigenvalue weighted by Crippen LogP contribution is -2.26. The standard InChI is InChI=1S/C20H22N4O3S/c1-20(2,3)12-4-5-13-14(9-21)18(28-16(13)8-12)24-17(25)11-27-19(26)15-10-22-6-7-23-15/h6-7,10,12H,4-5,8,11H2,1-3H3,(H,24,25)/t12-/m1/s1. The van der Waals surface area contributed by atoms with Gasteiger partial charge in [0.1, 0.15) is 11.1 Å². The molecular formula is C20H22N4O3S. The third-order valence-electron chi connectivity index (χ3n) is 4.96. The third kappa shape index (κ3) is 4.37. The van der Waals surface area contributed by atoms with Crippen molar-refractivity contribution in [1.82, 2.24) is 9.97 Å². The van der Waals surface area contributed by atoms with Crippen LogP contribution in [0, 0.1) is 22.7 Å². The van der Waals surface area contributed by atoms with Gasteiger partial charge in [0.25, 0.3) is 5.91 Å². The molecule has 1 N–H and O–H groups in total. The summed E-state index contributed by atoms with van der Waals surface area (Å²) in [5.74, 6) is -0.663. The SMILES string of the molecule is CC(C)(C)[C@@H]1CCc2c(sc(NC(=O)COC(=O)c3cnccn3)c2C#N)C1. The first-order valence-corrected chi connectivity index (χ1v) is 9.89. The summed E-state index contributed by atoms with van der Waals surface area (Å²) < 4.78 is 4.97. The average Bonchev–Trinajstić information content (AvgIpc) is 3.02. The molecule has 0 radical (unpaired) electrons. The number of nitriles is 1. The summed E-state index contributed by atoms with van der Waals surface area (Å²) in [7, 11) is 0. The minimum Gasteiger partial charge on any atom is -0.451 e. The fraction of sp³-hybridized carbons (Fsp3) is 0.450. The number of carbonyl (C=O) groups excluding carboxylic acids is 2. The molecule has 1 amide bonds. The van der Waals surface area contributed by atoms with Gasteiger partial charge in [-0.1, -0.05) is 20.8 Å². The Morgan fingerprint density at radius 3 is 2.82 bits per heavy atom. The van der Waals surface area contributed by atoms with Crippen molar-refractivity contribution in [3.05, 3.63) is 40.3 Å². The van der Waals surface area contributed by atoms with E-state index < -0.39 is 18.5 Å². The quantitative estimate of drug-likeness (QED) is 0.792. The number of nitrogens with one attached hydrogen (secondary N) is 1. The Bertz CT molecular complexity index is 925. The second-order valence-corrected chi connectivity index (χ2v) is 8.95. The van der Waals surface area contributed by atoms with Crippen molar-refractivity contribution >= 4 is 28.2 Å². The smallest absolute Gasteiger partial charge is 0.359 e. The van der Waals surface area contributed by atoms with Crippen LogP contribution in [-0.4, -0.2) is 28.5 Å². The number of anilines is 1. The van der Waals surface area contributed by atoms with Gasteiger partial charge in [0, 0.05) is 17.3 Å². The molecule has 0 fully saturated rings. The number of carbonyl (C=O) groups is 2. The molecule has 2 heterocycles. The summed E-state index contributed by atoms with van der Waals surface area (Å²) in [6.07, 6.45) is 6.87. The van der Waals surface area contributed by atoms with E-state index in [1.165, 1.54) is 29.9 Å². The van der Waals surface area contributed by atoms with Gasteiger partial charge < -0.3 is 10.1 Å². The van der Waals surface area contributed by atoms with Crippen LogP contribution in [0.25, 0.3) is 0 Å². The van der Waals surface area contributed by atoms with E-state index in [9.17, 15) is 14.9 Å². The maximum absolute atomic E-state index is 12.2. The third-order valence-corrected chi connectivity index (χ3v) is 6.13. The fourth-order valence-electron chi connectivity index (χ4n) is 3.30. The van der Waals surface area contributed by atoms with Gasteiger partial charge in [0.2, 0.25) is 0 Å². The fourth-order valence-corrected chi connectivity index (χ4v) is 4.60. The molecule has 0 aromatic carbocycles. The number of amides is 1. The first kappa shape index (κ1) is 20.0. The summed E-state index contributed by atoms with van der Waals surface area (Å²) >= 11 is 1.45. The number of aromatic nitrogens is 2. The zero-order valence-electron chi connectivity index (χ0n) is 16.1. The van der Waals surface area contributed by atoms with E-state index >= 15 is 0 Å². The van der Waals surface area contributed by atoms with Crippen molar-refractivity contribution in [3.8, 4) is 6.07 Å². The number of ether oxygens (including phenoxy) is 1. The van der Waals surface area contributed by atoms with E-state index in [0.717, 1.165) is 29.7 Å². The lowest BCUT2D eigenvalue weighted by atomic mass is 9.72. The molecule has 3 rings (SSSR count). The van der Waals surface area contributed by atoms with Gasteiger partial charge in [-0.25, -0.2) is 9.78 Å². The number of nitrogens with zero attached hydrogens (tertiary/aromatic N) is 3. The Labute approximate surface area is 167 Å². The Hall–Kier alpha value is -2.79. The topological polar surface area (TPSA) is 105 Å². The van der Waals surface area contributed by atoms with Gasteiger partial charge in [-0.05, 0) is 36.2 Å². The predicted molar refractivity (Wildman–Crippen MR) is 105 cm³/mol. The van der Waals surface area contributed by atoms with Crippen molar-refractivity contribution in [2.75, 3.05) is 11.9 Å². The van der Waals surface area contributed by atoms with Gasteiger partial charge in [-0.3, -0.25) is 9.78 Å². The minimum absolute atomic E-state index is 0.0350. The normalized spacial score (nSPS) is 16.0. The number of thiophene rings is 1. The molecule has 28 heavy (non-hydrogen) atoms. The summed E-state index contributed by atoms with van der Waals surface area (Å²) in [5, 5.41) is 12.8. The Morgan fingerprint density at radius 2 is 2.18 bits per heavy atom. The van der Waals surface area contributed by atoms with Crippen molar-refractivity contribution in [2.24, 2.45) is 11.3 Å². The van der Waals surface area contributed by atoms with E-state index in [1.54, 1.807) is 0 Å². The Kier molecular flexibility index (Phi) is 5.75. The maximum Gasteiger partial charge on any atom is 0.359 e. The number of hydrogen-bond donors (Lipinski definition) is 1. The van der Waals surface area contributed by atoms with Crippen molar-refractivity contribution < 1.29 is 14.3 Å². The van der Waals surface area contributed by atoms with Crippen LogP contribution in [0.1, 0.15) is 53.7 Å². The van der Waals surface area contributed by atoms with Crippen LogP contribution in [0.4, 0.5) is 5.00 Å². The van der Waals surface area contributed by atoms with E-state index in [1.807, 2.05) is 0 Å². The van der Waals surface area contributed by atoms with E-state index in [-0.39, 0.29) is 11.1 Å². The first-order valence-electron chi connectivity index (χ1n) is 9.07. The van der Waals surface area contributed by atoms with Crippen molar-refractivity contribution in [2.45, 2.75) is 40.0 Å². The summed E-state index contributed by atoms with van der Waals surface area (Å²) in [6.45, 7) is 6.24. The lowest BCUT2D eigenvalue weighted by Gasteiger charge is -2.33. The van der Waals surface area contributed by atoms with Gasteiger partial charge in [-0.2, -0.15) is 5.26 Å². The molecule has 146 valence electrons. The molecular weight excluding hydrogens is 376 g/mol. The highest BCUT2D eigenvalue weighted by Gasteiger charge is 2.32. The molecule has 2 aromatic heterocycles. The van der Waals surface area contributed by atoms with Gasteiger partial charge in [-0.15, -0.1) is 11.3 Å². The van der Waals surface area contributed by atoms with Gasteiger partial charge in [0.05, 0.1) is 11.8 Å². The summed E-state index contributed by atoms with van der Waals surface area (Å²) in [5.41, 5.74) is 1.81. The van der Waals surface area contributed by atoms with Crippen molar-refractivity contribution in [3.63, 3.8) is 0 Å². The van der Waals surface area contributed by atoms with Gasteiger partial charge in [0.15, 0.2) is 12.3 Å². The predicted octanol–water partition coefficient (Wildman–Crippen LogP) is 3.36. The van der Waals surface area contributed by atoms with Crippen LogP contribution < -0.4 is 5.32 Å². The van der Waals surface area contributed by atoms with Crippen LogP contribution in [0.2, 0.25) is 0 Å². The van der Waals surface area contributed by atoms with E-state index in [2.05, 4.69) is 42.1 Å². The Morgan fingerprint density at radius 1 is 1.39 bits per heavy atom. The van der Waals surface area contributed by atoms with E-state index in [4.69, 9.17) is 4.74 Å². The molecule has 2 aromatic rings. The monoisotopic (exact) mass is 398 g/mol. The molecule has 1 atom stereocenters. The Balaban J connectivity index is 1.66. The average molecular weight is 398 g/mol. The molecule has 0 aliphatic heterocycles. The van der Waals surface area contributed by atoms with Gasteiger partial charge >= 0.3 is 5.97 Å². The molecule has 0 saturated carbocycles. The second-order valence-electron chi connectivity index (χ2n) is 7.84.